The van der Waals surface area contributed by atoms with Gasteiger partial charge in [0.2, 0.25) is 11.6 Å². The summed E-state index contributed by atoms with van der Waals surface area (Å²) in [7, 11) is 0. The average molecular weight is 246 g/mol. The van der Waals surface area contributed by atoms with Gasteiger partial charge in [-0.1, -0.05) is 24.3 Å². The molecule has 0 aromatic carbocycles. The van der Waals surface area contributed by atoms with E-state index in [4.69, 9.17) is 18.9 Å². The summed E-state index contributed by atoms with van der Waals surface area (Å²) in [6.45, 7) is 2.42. The molecule has 0 radical (unpaired) electrons. The molecule has 18 heavy (non-hydrogen) atoms. The van der Waals surface area contributed by atoms with Crippen LogP contribution in [-0.2, 0) is 18.9 Å². The minimum absolute atomic E-state index is 0.605. The van der Waals surface area contributed by atoms with Crippen LogP contribution in [-0.4, -0.2) is 38.0 Å². The Bertz CT molecular complexity index is 440. The molecule has 0 amide bonds. The van der Waals surface area contributed by atoms with Crippen LogP contribution >= 0.6 is 0 Å². The van der Waals surface area contributed by atoms with Crippen molar-refractivity contribution < 1.29 is 18.9 Å². The van der Waals surface area contributed by atoms with Crippen molar-refractivity contribution in [2.45, 2.75) is 11.6 Å². The lowest BCUT2D eigenvalue weighted by Gasteiger charge is -2.38. The maximum atomic E-state index is 5.79. The van der Waals surface area contributed by atoms with Gasteiger partial charge in [0.15, 0.2) is 0 Å². The lowest BCUT2D eigenvalue weighted by atomic mass is 9.83. The van der Waals surface area contributed by atoms with Gasteiger partial charge in [0.1, 0.15) is 0 Å². The zero-order valence-electron chi connectivity index (χ0n) is 9.93. The molecule has 2 heterocycles. The van der Waals surface area contributed by atoms with Crippen molar-refractivity contribution >= 4 is 0 Å². The second-order valence-corrected chi connectivity index (χ2v) is 4.61. The molecule has 4 nitrogen and oxygen atoms in total. The lowest BCUT2D eigenvalue weighted by molar-refractivity contribution is -0.108. The van der Waals surface area contributed by atoms with E-state index in [-0.39, 0.29) is 0 Å². The standard InChI is InChI=1S/C14H14O4/c1-3-11-12(13(5-1)15-7-8-16-13)4-2-6-14(11)17-9-10-18-14/h1-6H,7-10H2. The predicted molar refractivity (Wildman–Crippen MR) is 63.7 cm³/mol. The third-order valence-corrected chi connectivity index (χ3v) is 3.63. The quantitative estimate of drug-likeness (QED) is 0.648. The smallest absolute Gasteiger partial charge is 0.216 e. The van der Waals surface area contributed by atoms with E-state index in [1.807, 2.05) is 36.5 Å². The van der Waals surface area contributed by atoms with E-state index in [0.717, 1.165) is 11.1 Å². The molecule has 2 fully saturated rings. The largest absolute Gasteiger partial charge is 0.340 e. The number of hydrogen-bond acceptors (Lipinski definition) is 4. The zero-order valence-corrected chi connectivity index (χ0v) is 9.93. The first-order chi connectivity index (χ1) is 8.85. The van der Waals surface area contributed by atoms with Gasteiger partial charge in [-0.05, 0) is 12.2 Å². The third kappa shape index (κ3) is 1.29. The van der Waals surface area contributed by atoms with Crippen LogP contribution in [0.4, 0.5) is 0 Å². The van der Waals surface area contributed by atoms with Crippen LogP contribution in [0.5, 0.6) is 0 Å². The summed E-state index contributed by atoms with van der Waals surface area (Å²) in [5, 5.41) is 0. The normalized spacial score (nSPS) is 30.7. The summed E-state index contributed by atoms with van der Waals surface area (Å²) in [5.41, 5.74) is 1.96. The van der Waals surface area contributed by atoms with Crippen LogP contribution in [0.15, 0.2) is 47.6 Å². The first-order valence-electron chi connectivity index (χ1n) is 6.21. The van der Waals surface area contributed by atoms with Crippen LogP contribution in [0.2, 0.25) is 0 Å². The maximum Gasteiger partial charge on any atom is 0.216 e. The highest BCUT2D eigenvalue weighted by atomic mass is 16.7. The molecule has 0 aromatic heterocycles. The fourth-order valence-electron chi connectivity index (χ4n) is 2.87. The molecule has 0 N–H and O–H groups in total. The van der Waals surface area contributed by atoms with E-state index in [9.17, 15) is 0 Å². The van der Waals surface area contributed by atoms with Crippen LogP contribution < -0.4 is 0 Å². The van der Waals surface area contributed by atoms with Gasteiger partial charge in [-0.2, -0.15) is 0 Å². The van der Waals surface area contributed by atoms with E-state index in [0.29, 0.717) is 26.4 Å². The Hall–Kier alpha value is -1.20. The molecule has 0 atom stereocenters. The summed E-state index contributed by atoms with van der Waals surface area (Å²) >= 11 is 0. The second-order valence-electron chi connectivity index (χ2n) is 4.61. The zero-order chi connectivity index (χ0) is 12.1. The first kappa shape index (κ1) is 10.7. The molecule has 4 rings (SSSR count). The van der Waals surface area contributed by atoms with E-state index in [1.165, 1.54) is 0 Å². The SMILES string of the molecule is C1=CC2(OCCO2)C2=CC=CC3(OCCO3)C2=C1. The molecular formula is C14H14O4. The number of allylic oxidation sites excluding steroid dienone is 4. The van der Waals surface area contributed by atoms with Gasteiger partial charge in [-0.25, -0.2) is 0 Å². The Morgan fingerprint density at radius 3 is 1.44 bits per heavy atom. The molecule has 4 heteroatoms. The summed E-state index contributed by atoms with van der Waals surface area (Å²) in [6.07, 6.45) is 11.8. The number of hydrogen-bond donors (Lipinski definition) is 0. The Kier molecular flexibility index (Phi) is 2.17. The Morgan fingerprint density at radius 2 is 1.06 bits per heavy atom. The van der Waals surface area contributed by atoms with Gasteiger partial charge in [-0.3, -0.25) is 0 Å². The highest BCUT2D eigenvalue weighted by Gasteiger charge is 2.50. The molecule has 0 unspecified atom stereocenters. The average Bonchev–Trinajstić information content (AvgIpc) is 3.03. The lowest BCUT2D eigenvalue weighted by Crippen LogP contribution is -2.42. The highest BCUT2D eigenvalue weighted by Crippen LogP contribution is 2.46. The van der Waals surface area contributed by atoms with Gasteiger partial charge < -0.3 is 18.9 Å². The molecule has 2 spiro atoms. The molecular weight excluding hydrogens is 232 g/mol. The molecule has 0 saturated carbocycles. The Labute approximate surface area is 105 Å². The van der Waals surface area contributed by atoms with Crippen molar-refractivity contribution in [3.8, 4) is 0 Å². The topological polar surface area (TPSA) is 36.9 Å². The molecule has 0 bridgehead atoms. The summed E-state index contributed by atoms with van der Waals surface area (Å²) in [5.74, 6) is -1.51. The number of rotatable bonds is 0. The van der Waals surface area contributed by atoms with Crippen LogP contribution in [0.3, 0.4) is 0 Å². The fraction of sp³-hybridized carbons (Fsp3) is 0.429. The van der Waals surface area contributed by atoms with Gasteiger partial charge in [0, 0.05) is 11.1 Å². The molecule has 2 aliphatic carbocycles. The highest BCUT2D eigenvalue weighted by molar-refractivity contribution is 5.56. The molecule has 4 aliphatic rings. The van der Waals surface area contributed by atoms with Crippen LogP contribution in [0, 0.1) is 0 Å². The van der Waals surface area contributed by atoms with Crippen LogP contribution in [0.25, 0.3) is 0 Å². The summed E-state index contributed by atoms with van der Waals surface area (Å²) in [6, 6.07) is 0. The Morgan fingerprint density at radius 1 is 0.667 bits per heavy atom. The van der Waals surface area contributed by atoms with Crippen molar-refractivity contribution in [3.63, 3.8) is 0 Å². The van der Waals surface area contributed by atoms with Crippen molar-refractivity contribution in [1.29, 1.82) is 0 Å². The predicted octanol–water partition coefficient (Wildman–Crippen LogP) is 1.47. The molecule has 2 aliphatic heterocycles. The molecule has 0 aromatic rings. The van der Waals surface area contributed by atoms with Gasteiger partial charge in [0.05, 0.1) is 26.4 Å². The summed E-state index contributed by atoms with van der Waals surface area (Å²) < 4.78 is 23.2. The number of ether oxygens (including phenoxy) is 4. The maximum absolute atomic E-state index is 5.79. The minimum atomic E-state index is -0.753. The van der Waals surface area contributed by atoms with Crippen molar-refractivity contribution in [3.05, 3.63) is 47.6 Å². The van der Waals surface area contributed by atoms with Crippen molar-refractivity contribution in [2.24, 2.45) is 0 Å². The van der Waals surface area contributed by atoms with Crippen LogP contribution in [0.1, 0.15) is 0 Å². The van der Waals surface area contributed by atoms with Gasteiger partial charge in [0.25, 0.3) is 0 Å². The second kappa shape index (κ2) is 3.65. The Balaban J connectivity index is 1.82. The van der Waals surface area contributed by atoms with Crippen molar-refractivity contribution in [2.75, 3.05) is 26.4 Å². The minimum Gasteiger partial charge on any atom is -0.340 e. The fourth-order valence-corrected chi connectivity index (χ4v) is 2.87. The van der Waals surface area contributed by atoms with Gasteiger partial charge in [-0.15, -0.1) is 0 Å². The number of fused-ring (bicyclic) bond motifs is 3. The monoisotopic (exact) mass is 246 g/mol. The van der Waals surface area contributed by atoms with Gasteiger partial charge >= 0.3 is 0 Å². The first-order valence-corrected chi connectivity index (χ1v) is 6.21. The van der Waals surface area contributed by atoms with E-state index < -0.39 is 11.6 Å². The van der Waals surface area contributed by atoms with E-state index in [2.05, 4.69) is 0 Å². The van der Waals surface area contributed by atoms with E-state index >= 15 is 0 Å². The van der Waals surface area contributed by atoms with Crippen molar-refractivity contribution in [1.82, 2.24) is 0 Å². The summed E-state index contributed by atoms with van der Waals surface area (Å²) in [4.78, 5) is 0. The molecule has 94 valence electrons. The third-order valence-electron chi connectivity index (χ3n) is 3.63. The van der Waals surface area contributed by atoms with E-state index in [1.54, 1.807) is 0 Å². The molecule has 2 saturated heterocycles.